The lowest BCUT2D eigenvalue weighted by Gasteiger charge is -2.34. The van der Waals surface area contributed by atoms with Gasteiger partial charge in [-0.3, -0.25) is 4.79 Å². The van der Waals surface area contributed by atoms with Crippen LogP contribution in [0.5, 0.6) is 5.75 Å². The molecule has 0 bridgehead atoms. The minimum Gasteiger partial charge on any atom is -0.490 e. The molecule has 6 heteroatoms. The Bertz CT molecular complexity index is 445. The molecule has 1 aromatic rings. The zero-order valence-electron chi connectivity index (χ0n) is 11.5. The van der Waals surface area contributed by atoms with Gasteiger partial charge in [0.2, 0.25) is 5.91 Å². The number of hydrogen-bond acceptors (Lipinski definition) is 3. The van der Waals surface area contributed by atoms with E-state index in [9.17, 15) is 9.18 Å². The summed E-state index contributed by atoms with van der Waals surface area (Å²) in [4.78, 5) is 13.9. The molecule has 1 aliphatic heterocycles. The maximum Gasteiger partial charge on any atom is 0.226 e. The summed E-state index contributed by atoms with van der Waals surface area (Å²) in [6.45, 7) is 4.59. The van der Waals surface area contributed by atoms with Crippen molar-refractivity contribution in [2.75, 3.05) is 26.2 Å². The summed E-state index contributed by atoms with van der Waals surface area (Å²) in [5, 5.41) is 3.23. The smallest absolute Gasteiger partial charge is 0.226 e. The van der Waals surface area contributed by atoms with Crippen LogP contribution in [0, 0.1) is 5.82 Å². The van der Waals surface area contributed by atoms with E-state index < -0.39 is 5.82 Å². The van der Waals surface area contributed by atoms with Crippen LogP contribution >= 0.6 is 12.4 Å². The molecule has 1 aromatic carbocycles. The molecule has 1 aliphatic rings. The van der Waals surface area contributed by atoms with Crippen molar-refractivity contribution >= 4 is 18.3 Å². The lowest BCUT2D eigenvalue weighted by Crippen LogP contribution is -2.52. The number of carbonyl (C=O) groups is 1. The maximum absolute atomic E-state index is 13.3. The molecule has 1 fully saturated rings. The standard InChI is InChI=1S/C14H19FN2O2.ClH/c1-11-10-16-7-8-17(11)14(18)6-9-19-13-5-3-2-4-12(13)15;/h2-5,11,16H,6-10H2,1H3;1H/t11-;/m1./s1. The Labute approximate surface area is 124 Å². The largest absolute Gasteiger partial charge is 0.490 e. The molecule has 1 atom stereocenters. The molecule has 1 N–H and O–H groups in total. The molecule has 20 heavy (non-hydrogen) atoms. The summed E-state index contributed by atoms with van der Waals surface area (Å²) in [7, 11) is 0. The predicted octanol–water partition coefficient (Wildman–Crippen LogP) is 1.84. The highest BCUT2D eigenvalue weighted by Gasteiger charge is 2.22. The number of amides is 1. The molecule has 112 valence electrons. The maximum atomic E-state index is 13.3. The summed E-state index contributed by atoms with van der Waals surface area (Å²) < 4.78 is 18.6. The SMILES string of the molecule is C[C@@H]1CNCCN1C(=O)CCOc1ccccc1F.Cl. The lowest BCUT2D eigenvalue weighted by molar-refractivity contribution is -0.134. The first-order valence-electron chi connectivity index (χ1n) is 6.56. The molecular formula is C14H20ClFN2O2. The van der Waals surface area contributed by atoms with Gasteiger partial charge in [0, 0.05) is 25.7 Å². The number of benzene rings is 1. The third-order valence-electron chi connectivity index (χ3n) is 3.23. The molecule has 0 aromatic heterocycles. The molecule has 2 rings (SSSR count). The van der Waals surface area contributed by atoms with Crippen LogP contribution in [0.3, 0.4) is 0 Å². The van der Waals surface area contributed by atoms with E-state index >= 15 is 0 Å². The van der Waals surface area contributed by atoms with E-state index in [1.54, 1.807) is 18.2 Å². The second kappa shape index (κ2) is 8.07. The van der Waals surface area contributed by atoms with Crippen LogP contribution < -0.4 is 10.1 Å². The van der Waals surface area contributed by atoms with Gasteiger partial charge >= 0.3 is 0 Å². The van der Waals surface area contributed by atoms with Crippen molar-refractivity contribution in [3.63, 3.8) is 0 Å². The van der Waals surface area contributed by atoms with Gasteiger partial charge in [-0.1, -0.05) is 12.1 Å². The van der Waals surface area contributed by atoms with E-state index in [0.29, 0.717) is 0 Å². The van der Waals surface area contributed by atoms with E-state index in [1.807, 2.05) is 11.8 Å². The van der Waals surface area contributed by atoms with E-state index in [2.05, 4.69) is 5.32 Å². The van der Waals surface area contributed by atoms with Gasteiger partial charge in [0.15, 0.2) is 11.6 Å². The first-order chi connectivity index (χ1) is 9.18. The van der Waals surface area contributed by atoms with Crippen molar-refractivity contribution in [2.24, 2.45) is 0 Å². The fraction of sp³-hybridized carbons (Fsp3) is 0.500. The summed E-state index contributed by atoms with van der Waals surface area (Å²) in [6, 6.07) is 6.42. The number of piperazine rings is 1. The summed E-state index contributed by atoms with van der Waals surface area (Å²) in [5.41, 5.74) is 0. The minimum absolute atomic E-state index is 0. The second-order valence-corrected chi connectivity index (χ2v) is 4.67. The molecule has 1 heterocycles. The molecular weight excluding hydrogens is 283 g/mol. The van der Waals surface area contributed by atoms with Crippen LogP contribution in [0.25, 0.3) is 0 Å². The number of rotatable bonds is 4. The monoisotopic (exact) mass is 302 g/mol. The lowest BCUT2D eigenvalue weighted by atomic mass is 10.2. The highest BCUT2D eigenvalue weighted by Crippen LogP contribution is 2.15. The van der Waals surface area contributed by atoms with Crippen LogP contribution in [-0.2, 0) is 4.79 Å². The van der Waals surface area contributed by atoms with E-state index in [-0.39, 0.29) is 43.1 Å². The van der Waals surface area contributed by atoms with Crippen molar-refractivity contribution in [3.05, 3.63) is 30.1 Å². The molecule has 1 saturated heterocycles. The molecule has 0 unspecified atom stereocenters. The van der Waals surface area contributed by atoms with E-state index in [0.717, 1.165) is 19.6 Å². The molecule has 0 aliphatic carbocycles. The number of nitrogens with zero attached hydrogens (tertiary/aromatic N) is 1. The fourth-order valence-corrected chi connectivity index (χ4v) is 2.17. The van der Waals surface area contributed by atoms with Gasteiger partial charge in [-0.15, -0.1) is 12.4 Å². The van der Waals surface area contributed by atoms with Gasteiger partial charge < -0.3 is 15.0 Å². The van der Waals surface area contributed by atoms with Crippen molar-refractivity contribution in [3.8, 4) is 5.75 Å². The average Bonchev–Trinajstić information content (AvgIpc) is 2.41. The first-order valence-corrected chi connectivity index (χ1v) is 6.56. The number of hydrogen-bond donors (Lipinski definition) is 1. The average molecular weight is 303 g/mol. The molecule has 0 radical (unpaired) electrons. The van der Waals surface area contributed by atoms with Crippen LogP contribution in [0.15, 0.2) is 24.3 Å². The normalized spacial score (nSPS) is 18.3. The van der Waals surface area contributed by atoms with Crippen molar-refractivity contribution in [1.82, 2.24) is 10.2 Å². The third-order valence-corrected chi connectivity index (χ3v) is 3.23. The zero-order valence-corrected chi connectivity index (χ0v) is 12.3. The van der Waals surface area contributed by atoms with E-state index in [4.69, 9.17) is 4.74 Å². The Morgan fingerprint density at radius 3 is 2.95 bits per heavy atom. The number of ether oxygens (including phenoxy) is 1. The highest BCUT2D eigenvalue weighted by molar-refractivity contribution is 5.85. The Kier molecular flexibility index (Phi) is 6.75. The van der Waals surface area contributed by atoms with Crippen LogP contribution in [0.4, 0.5) is 4.39 Å². The highest BCUT2D eigenvalue weighted by atomic mass is 35.5. The summed E-state index contributed by atoms with van der Waals surface area (Å²) >= 11 is 0. The van der Waals surface area contributed by atoms with Gasteiger partial charge in [0.05, 0.1) is 13.0 Å². The Morgan fingerprint density at radius 1 is 1.50 bits per heavy atom. The number of halogens is 2. The van der Waals surface area contributed by atoms with Crippen LogP contribution in [-0.4, -0.2) is 43.1 Å². The minimum atomic E-state index is -0.398. The molecule has 0 saturated carbocycles. The quantitative estimate of drug-likeness (QED) is 0.923. The Morgan fingerprint density at radius 2 is 2.25 bits per heavy atom. The van der Waals surface area contributed by atoms with Gasteiger partial charge in [-0.25, -0.2) is 4.39 Å². The molecule has 0 spiro atoms. The van der Waals surface area contributed by atoms with E-state index in [1.165, 1.54) is 6.07 Å². The fourth-order valence-electron chi connectivity index (χ4n) is 2.17. The topological polar surface area (TPSA) is 41.6 Å². The van der Waals surface area contributed by atoms with Crippen molar-refractivity contribution in [1.29, 1.82) is 0 Å². The van der Waals surface area contributed by atoms with Crippen molar-refractivity contribution in [2.45, 2.75) is 19.4 Å². The van der Waals surface area contributed by atoms with Crippen LogP contribution in [0.2, 0.25) is 0 Å². The number of nitrogens with one attached hydrogen (secondary N) is 1. The van der Waals surface area contributed by atoms with Crippen LogP contribution in [0.1, 0.15) is 13.3 Å². The Balaban J connectivity index is 0.00000200. The third kappa shape index (κ3) is 4.35. The summed E-state index contributed by atoms with van der Waals surface area (Å²) in [6.07, 6.45) is 0.276. The van der Waals surface area contributed by atoms with Crippen molar-refractivity contribution < 1.29 is 13.9 Å². The van der Waals surface area contributed by atoms with Gasteiger partial charge in [0.1, 0.15) is 0 Å². The number of para-hydroxylation sites is 1. The van der Waals surface area contributed by atoms with Gasteiger partial charge in [-0.05, 0) is 19.1 Å². The second-order valence-electron chi connectivity index (χ2n) is 4.67. The Hall–Kier alpha value is -1.33. The predicted molar refractivity (Wildman–Crippen MR) is 77.8 cm³/mol. The molecule has 4 nitrogen and oxygen atoms in total. The summed E-state index contributed by atoms with van der Waals surface area (Å²) in [5.74, 6) is -0.139. The molecule has 1 amide bonds. The first kappa shape index (κ1) is 16.7. The van der Waals surface area contributed by atoms with Gasteiger partial charge in [-0.2, -0.15) is 0 Å². The number of carbonyl (C=O) groups excluding carboxylic acids is 1. The zero-order chi connectivity index (χ0) is 13.7. The van der Waals surface area contributed by atoms with Gasteiger partial charge in [0.25, 0.3) is 0 Å².